The van der Waals surface area contributed by atoms with E-state index in [1.54, 1.807) is 18.5 Å². The van der Waals surface area contributed by atoms with Crippen molar-refractivity contribution in [3.63, 3.8) is 0 Å². The number of aliphatic hydroxyl groups is 1. The predicted molar refractivity (Wildman–Crippen MR) is 64.9 cm³/mol. The van der Waals surface area contributed by atoms with Crippen LogP contribution < -0.4 is 0 Å². The zero-order chi connectivity index (χ0) is 12.3. The van der Waals surface area contributed by atoms with Gasteiger partial charge in [-0.1, -0.05) is 13.0 Å². The Morgan fingerprint density at radius 3 is 2.76 bits per heavy atom. The van der Waals surface area contributed by atoms with Crippen molar-refractivity contribution in [2.75, 3.05) is 0 Å². The maximum atomic E-state index is 10.4. The van der Waals surface area contributed by atoms with Crippen LogP contribution in [0.25, 0.3) is 0 Å². The lowest BCUT2D eigenvalue weighted by atomic mass is 9.67. The predicted octanol–water partition coefficient (Wildman–Crippen LogP) is 2.84. The summed E-state index contributed by atoms with van der Waals surface area (Å²) in [6, 6.07) is 6.00. The molecule has 1 saturated carbocycles. The molecule has 1 aliphatic carbocycles. The molecule has 1 fully saturated rings. The molecule has 0 aliphatic heterocycles. The maximum Gasteiger partial charge on any atom is 0.0991 e. The molecule has 0 radical (unpaired) electrons. The highest BCUT2D eigenvalue weighted by Gasteiger charge is 2.41. The molecule has 0 spiro atoms. The zero-order valence-electron chi connectivity index (χ0n) is 10.1. The summed E-state index contributed by atoms with van der Waals surface area (Å²) >= 11 is 0. The third kappa shape index (κ3) is 2.32. The van der Waals surface area contributed by atoms with Gasteiger partial charge in [0.2, 0.25) is 0 Å². The molecule has 90 valence electrons. The Bertz CT molecular complexity index is 402. The molecule has 0 amide bonds. The molecule has 1 heterocycles. The summed E-state index contributed by atoms with van der Waals surface area (Å²) in [5.74, 6) is 0.664. The molecule has 3 nitrogen and oxygen atoms in total. The van der Waals surface area contributed by atoms with Crippen molar-refractivity contribution in [2.24, 2.45) is 11.3 Å². The molecular formula is C14H18N2O. The van der Waals surface area contributed by atoms with Crippen LogP contribution in [0.4, 0.5) is 0 Å². The molecule has 1 N–H and O–H groups in total. The lowest BCUT2D eigenvalue weighted by molar-refractivity contribution is 0.0264. The molecule has 1 aliphatic rings. The lowest BCUT2D eigenvalue weighted by Crippen LogP contribution is -2.32. The quantitative estimate of drug-likeness (QED) is 0.850. The van der Waals surface area contributed by atoms with Crippen molar-refractivity contribution in [1.82, 2.24) is 4.98 Å². The van der Waals surface area contributed by atoms with Gasteiger partial charge in [-0.2, -0.15) is 5.26 Å². The van der Waals surface area contributed by atoms with Crippen molar-refractivity contribution in [2.45, 2.75) is 38.7 Å². The number of hydrogen-bond acceptors (Lipinski definition) is 3. The Morgan fingerprint density at radius 1 is 1.53 bits per heavy atom. The van der Waals surface area contributed by atoms with Gasteiger partial charge in [-0.3, -0.25) is 4.98 Å². The van der Waals surface area contributed by atoms with E-state index < -0.39 is 11.5 Å². The van der Waals surface area contributed by atoms with E-state index in [9.17, 15) is 10.4 Å². The fourth-order valence-electron chi connectivity index (χ4n) is 2.58. The summed E-state index contributed by atoms with van der Waals surface area (Å²) in [6.45, 7) is 2.21. The van der Waals surface area contributed by atoms with E-state index >= 15 is 0 Å². The van der Waals surface area contributed by atoms with Crippen molar-refractivity contribution < 1.29 is 5.11 Å². The van der Waals surface area contributed by atoms with Crippen LogP contribution in [0.5, 0.6) is 0 Å². The third-order valence-electron chi connectivity index (χ3n) is 3.91. The lowest BCUT2D eigenvalue weighted by Gasteiger charge is -2.37. The highest BCUT2D eigenvalue weighted by atomic mass is 16.3. The van der Waals surface area contributed by atoms with Gasteiger partial charge < -0.3 is 5.11 Å². The summed E-state index contributed by atoms with van der Waals surface area (Å²) < 4.78 is 0. The van der Waals surface area contributed by atoms with E-state index in [1.165, 1.54) is 0 Å². The van der Waals surface area contributed by atoms with Crippen LogP contribution >= 0.6 is 0 Å². The smallest absolute Gasteiger partial charge is 0.0991 e. The van der Waals surface area contributed by atoms with Crippen LogP contribution in [0, 0.1) is 22.7 Å². The number of nitrogens with zero attached hydrogens (tertiary/aromatic N) is 2. The van der Waals surface area contributed by atoms with Gasteiger partial charge in [0, 0.05) is 18.0 Å². The van der Waals surface area contributed by atoms with E-state index in [1.807, 2.05) is 6.07 Å². The van der Waals surface area contributed by atoms with Crippen LogP contribution in [-0.2, 0) is 0 Å². The van der Waals surface area contributed by atoms with E-state index in [0.717, 1.165) is 31.2 Å². The molecule has 0 saturated heterocycles. The van der Waals surface area contributed by atoms with Crippen molar-refractivity contribution >= 4 is 0 Å². The summed E-state index contributed by atoms with van der Waals surface area (Å²) in [5, 5.41) is 19.8. The minimum Gasteiger partial charge on any atom is -0.387 e. The molecule has 1 aromatic heterocycles. The Hall–Kier alpha value is -1.40. The first-order valence-corrected chi connectivity index (χ1v) is 6.17. The summed E-state index contributed by atoms with van der Waals surface area (Å²) in [6.07, 6.45) is 6.21. The standard InChI is InChI=1S/C14H18N2O/c1-11-4-6-14(10-15,7-5-11)13(17)12-3-2-8-16-9-12/h2-3,8-9,11,13,17H,4-7H2,1H3. The summed E-state index contributed by atoms with van der Waals surface area (Å²) in [5.41, 5.74) is 0.138. The Kier molecular flexibility index (Phi) is 3.44. The van der Waals surface area contributed by atoms with E-state index in [2.05, 4.69) is 18.0 Å². The summed E-state index contributed by atoms with van der Waals surface area (Å²) in [7, 11) is 0. The van der Waals surface area contributed by atoms with Gasteiger partial charge in [0.1, 0.15) is 0 Å². The number of pyridine rings is 1. The van der Waals surface area contributed by atoms with Gasteiger partial charge >= 0.3 is 0 Å². The molecule has 1 unspecified atom stereocenters. The zero-order valence-corrected chi connectivity index (χ0v) is 10.1. The van der Waals surface area contributed by atoms with Crippen LogP contribution in [0.3, 0.4) is 0 Å². The largest absolute Gasteiger partial charge is 0.387 e. The average molecular weight is 230 g/mol. The van der Waals surface area contributed by atoms with Gasteiger partial charge in [-0.15, -0.1) is 0 Å². The molecule has 1 aromatic rings. The molecule has 1 atom stereocenters. The van der Waals surface area contributed by atoms with Gasteiger partial charge in [-0.25, -0.2) is 0 Å². The summed E-state index contributed by atoms with van der Waals surface area (Å²) in [4.78, 5) is 4.01. The molecule has 2 rings (SSSR count). The van der Waals surface area contributed by atoms with Crippen LogP contribution in [-0.4, -0.2) is 10.1 Å². The monoisotopic (exact) mass is 230 g/mol. The van der Waals surface area contributed by atoms with Crippen molar-refractivity contribution in [3.8, 4) is 6.07 Å². The van der Waals surface area contributed by atoms with Crippen LogP contribution in [0.15, 0.2) is 24.5 Å². The second-order valence-electron chi connectivity index (χ2n) is 5.14. The van der Waals surface area contributed by atoms with Gasteiger partial charge in [0.05, 0.1) is 17.6 Å². The third-order valence-corrected chi connectivity index (χ3v) is 3.91. The van der Waals surface area contributed by atoms with Gasteiger partial charge in [0.15, 0.2) is 0 Å². The molecule has 17 heavy (non-hydrogen) atoms. The highest BCUT2D eigenvalue weighted by Crippen LogP contribution is 2.46. The van der Waals surface area contributed by atoms with Gasteiger partial charge in [0.25, 0.3) is 0 Å². The van der Waals surface area contributed by atoms with Crippen LogP contribution in [0.1, 0.15) is 44.3 Å². The molecule has 3 heteroatoms. The molecule has 0 bridgehead atoms. The normalized spacial score (nSPS) is 30.5. The first-order valence-electron chi connectivity index (χ1n) is 6.17. The molecular weight excluding hydrogens is 212 g/mol. The fraction of sp³-hybridized carbons (Fsp3) is 0.571. The number of nitriles is 1. The minimum absolute atomic E-state index is 0.616. The van der Waals surface area contributed by atoms with Crippen molar-refractivity contribution in [3.05, 3.63) is 30.1 Å². The second-order valence-corrected chi connectivity index (χ2v) is 5.14. The minimum atomic E-state index is -0.714. The fourth-order valence-corrected chi connectivity index (χ4v) is 2.58. The molecule has 0 aromatic carbocycles. The number of aliphatic hydroxyl groups excluding tert-OH is 1. The number of aromatic nitrogens is 1. The van der Waals surface area contributed by atoms with E-state index in [-0.39, 0.29) is 0 Å². The van der Waals surface area contributed by atoms with E-state index in [4.69, 9.17) is 0 Å². The van der Waals surface area contributed by atoms with Gasteiger partial charge in [-0.05, 0) is 37.7 Å². The first-order chi connectivity index (χ1) is 8.18. The second kappa shape index (κ2) is 4.85. The Labute approximate surface area is 102 Å². The number of hydrogen-bond donors (Lipinski definition) is 1. The topological polar surface area (TPSA) is 56.9 Å². The number of rotatable bonds is 2. The van der Waals surface area contributed by atoms with Crippen molar-refractivity contribution in [1.29, 1.82) is 5.26 Å². The average Bonchev–Trinajstić information content (AvgIpc) is 2.40. The SMILES string of the molecule is CC1CCC(C#N)(C(O)c2cccnc2)CC1. The Balaban J connectivity index is 2.22. The Morgan fingerprint density at radius 2 is 2.24 bits per heavy atom. The highest BCUT2D eigenvalue weighted by molar-refractivity contribution is 5.20. The van der Waals surface area contributed by atoms with Crippen LogP contribution in [0.2, 0.25) is 0 Å². The maximum absolute atomic E-state index is 10.4. The first kappa shape index (κ1) is 12.1. The van der Waals surface area contributed by atoms with E-state index in [0.29, 0.717) is 5.92 Å².